The number of hydrogen-bond donors (Lipinski definition) is 1. The Morgan fingerprint density at radius 1 is 1.30 bits per heavy atom. The normalized spacial score (nSPS) is 10.2. The summed E-state index contributed by atoms with van der Waals surface area (Å²) in [7, 11) is 0. The molecule has 2 rings (SSSR count). The molecule has 0 aromatic heterocycles. The summed E-state index contributed by atoms with van der Waals surface area (Å²) in [4.78, 5) is 11.7. The van der Waals surface area contributed by atoms with Crippen LogP contribution in [0.4, 0.5) is 10.1 Å². The Kier molecular flexibility index (Phi) is 4.98. The molecule has 0 fully saturated rings. The van der Waals surface area contributed by atoms with Gasteiger partial charge in [-0.15, -0.1) is 0 Å². The van der Waals surface area contributed by atoms with E-state index in [9.17, 15) is 9.18 Å². The van der Waals surface area contributed by atoms with Crippen LogP contribution in [0.15, 0.2) is 46.9 Å². The quantitative estimate of drug-likeness (QED) is 0.887. The average Bonchev–Trinajstić information content (AvgIpc) is 2.41. The van der Waals surface area contributed by atoms with Crippen molar-refractivity contribution < 1.29 is 13.9 Å². The molecular weight excluding hydrogens is 349 g/mol. The Hall–Kier alpha value is -1.59. The Morgan fingerprint density at radius 2 is 2.05 bits per heavy atom. The standard InChI is InChI=1S/C14H10BrClFNO2/c15-9-5-6-12(10(16)7-9)18-14(19)8-20-13-4-2-1-3-11(13)17/h1-7H,8H2,(H,18,19). The largest absolute Gasteiger partial charge is 0.481 e. The van der Waals surface area contributed by atoms with Gasteiger partial charge < -0.3 is 10.1 Å². The van der Waals surface area contributed by atoms with E-state index in [0.717, 1.165) is 4.47 Å². The molecule has 104 valence electrons. The molecule has 0 aliphatic carbocycles. The number of halogens is 3. The van der Waals surface area contributed by atoms with Crippen molar-refractivity contribution in [1.29, 1.82) is 0 Å². The monoisotopic (exact) mass is 357 g/mol. The number of ether oxygens (including phenoxy) is 1. The van der Waals surface area contributed by atoms with Gasteiger partial charge in [-0.1, -0.05) is 39.7 Å². The molecule has 0 atom stereocenters. The van der Waals surface area contributed by atoms with Crippen molar-refractivity contribution in [2.45, 2.75) is 0 Å². The number of nitrogens with one attached hydrogen (secondary N) is 1. The minimum Gasteiger partial charge on any atom is -0.481 e. The number of benzene rings is 2. The van der Waals surface area contributed by atoms with Crippen LogP contribution in [0.3, 0.4) is 0 Å². The number of amides is 1. The number of para-hydroxylation sites is 1. The van der Waals surface area contributed by atoms with Gasteiger partial charge in [0.15, 0.2) is 18.2 Å². The fourth-order valence-corrected chi connectivity index (χ4v) is 2.20. The van der Waals surface area contributed by atoms with Crippen LogP contribution in [0.2, 0.25) is 5.02 Å². The van der Waals surface area contributed by atoms with Crippen LogP contribution >= 0.6 is 27.5 Å². The van der Waals surface area contributed by atoms with Gasteiger partial charge in [0.25, 0.3) is 5.91 Å². The number of rotatable bonds is 4. The molecule has 3 nitrogen and oxygen atoms in total. The summed E-state index contributed by atoms with van der Waals surface area (Å²) in [5.41, 5.74) is 0.469. The highest BCUT2D eigenvalue weighted by Crippen LogP contribution is 2.25. The maximum Gasteiger partial charge on any atom is 0.262 e. The van der Waals surface area contributed by atoms with Crippen LogP contribution in [0.25, 0.3) is 0 Å². The Morgan fingerprint density at radius 3 is 2.75 bits per heavy atom. The van der Waals surface area contributed by atoms with E-state index >= 15 is 0 Å². The van der Waals surface area contributed by atoms with Crippen LogP contribution in [0.1, 0.15) is 0 Å². The van der Waals surface area contributed by atoms with Gasteiger partial charge in [-0.25, -0.2) is 4.39 Å². The van der Waals surface area contributed by atoms with E-state index in [1.165, 1.54) is 12.1 Å². The first kappa shape index (κ1) is 14.8. The molecule has 0 saturated carbocycles. The first-order valence-corrected chi connectivity index (χ1v) is 6.85. The van der Waals surface area contributed by atoms with Gasteiger partial charge in [0.05, 0.1) is 10.7 Å². The van der Waals surface area contributed by atoms with Crippen molar-refractivity contribution >= 4 is 39.1 Å². The molecule has 1 N–H and O–H groups in total. The summed E-state index contributed by atoms with van der Waals surface area (Å²) < 4.78 is 19.2. The molecule has 0 aliphatic rings. The predicted octanol–water partition coefficient (Wildman–Crippen LogP) is 4.26. The van der Waals surface area contributed by atoms with Crippen molar-refractivity contribution in [2.24, 2.45) is 0 Å². The van der Waals surface area contributed by atoms with E-state index in [0.29, 0.717) is 10.7 Å². The second-order valence-electron chi connectivity index (χ2n) is 3.89. The third-order valence-electron chi connectivity index (χ3n) is 2.40. The molecule has 6 heteroatoms. The summed E-state index contributed by atoms with van der Waals surface area (Å²) >= 11 is 9.24. The Balaban J connectivity index is 1.94. The van der Waals surface area contributed by atoms with E-state index in [-0.39, 0.29) is 12.4 Å². The highest BCUT2D eigenvalue weighted by molar-refractivity contribution is 9.10. The minimum atomic E-state index is -0.512. The van der Waals surface area contributed by atoms with Crippen molar-refractivity contribution in [1.82, 2.24) is 0 Å². The van der Waals surface area contributed by atoms with Crippen molar-refractivity contribution in [3.05, 3.63) is 57.8 Å². The second kappa shape index (κ2) is 6.72. The maximum atomic E-state index is 13.3. The smallest absolute Gasteiger partial charge is 0.262 e. The molecule has 0 bridgehead atoms. The zero-order valence-electron chi connectivity index (χ0n) is 10.2. The average molecular weight is 359 g/mol. The van der Waals surface area contributed by atoms with Gasteiger partial charge >= 0.3 is 0 Å². The summed E-state index contributed by atoms with van der Waals surface area (Å²) in [6.07, 6.45) is 0. The zero-order valence-corrected chi connectivity index (χ0v) is 12.5. The van der Waals surface area contributed by atoms with Crippen LogP contribution in [0, 0.1) is 5.82 Å². The molecule has 0 saturated heterocycles. The van der Waals surface area contributed by atoms with E-state index in [1.54, 1.807) is 30.3 Å². The van der Waals surface area contributed by atoms with Crippen molar-refractivity contribution in [3.63, 3.8) is 0 Å². The van der Waals surface area contributed by atoms with Crippen molar-refractivity contribution in [2.75, 3.05) is 11.9 Å². The highest BCUT2D eigenvalue weighted by atomic mass is 79.9. The molecule has 0 aliphatic heterocycles. The van der Waals surface area contributed by atoms with Gasteiger partial charge in [-0.3, -0.25) is 4.79 Å². The van der Waals surface area contributed by atoms with Gasteiger partial charge in [0.2, 0.25) is 0 Å². The van der Waals surface area contributed by atoms with Crippen LogP contribution in [-0.4, -0.2) is 12.5 Å². The van der Waals surface area contributed by atoms with Crippen LogP contribution < -0.4 is 10.1 Å². The first-order chi connectivity index (χ1) is 9.56. The summed E-state index contributed by atoms with van der Waals surface area (Å²) in [5.74, 6) is -0.899. The molecule has 0 spiro atoms. The molecule has 0 heterocycles. The van der Waals surface area contributed by atoms with E-state index in [4.69, 9.17) is 16.3 Å². The lowest BCUT2D eigenvalue weighted by Crippen LogP contribution is -2.20. The van der Waals surface area contributed by atoms with Crippen LogP contribution in [-0.2, 0) is 4.79 Å². The molecule has 20 heavy (non-hydrogen) atoms. The third-order valence-corrected chi connectivity index (χ3v) is 3.21. The highest BCUT2D eigenvalue weighted by Gasteiger charge is 2.08. The molecule has 2 aromatic rings. The fraction of sp³-hybridized carbons (Fsp3) is 0.0714. The number of hydrogen-bond acceptors (Lipinski definition) is 2. The van der Waals surface area contributed by atoms with E-state index < -0.39 is 11.7 Å². The van der Waals surface area contributed by atoms with Crippen LogP contribution in [0.5, 0.6) is 5.75 Å². The van der Waals surface area contributed by atoms with Gasteiger partial charge in [0.1, 0.15) is 0 Å². The van der Waals surface area contributed by atoms with Crippen molar-refractivity contribution in [3.8, 4) is 5.75 Å². The second-order valence-corrected chi connectivity index (χ2v) is 5.21. The first-order valence-electron chi connectivity index (χ1n) is 5.68. The molecule has 1 amide bonds. The Labute approximate surface area is 128 Å². The zero-order chi connectivity index (χ0) is 14.5. The van der Waals surface area contributed by atoms with E-state index in [2.05, 4.69) is 21.2 Å². The summed E-state index contributed by atoms with van der Waals surface area (Å²) in [6.45, 7) is -0.298. The van der Waals surface area contributed by atoms with Gasteiger partial charge in [0, 0.05) is 4.47 Å². The molecular formula is C14H10BrClFNO2. The fourth-order valence-electron chi connectivity index (χ4n) is 1.48. The Bertz CT molecular complexity index is 636. The number of anilines is 1. The summed E-state index contributed by atoms with van der Waals surface area (Å²) in [6, 6.07) is 11.0. The lowest BCUT2D eigenvalue weighted by molar-refractivity contribution is -0.118. The topological polar surface area (TPSA) is 38.3 Å². The lowest BCUT2D eigenvalue weighted by atomic mass is 10.3. The molecule has 0 radical (unpaired) electrons. The van der Waals surface area contributed by atoms with E-state index in [1.807, 2.05) is 0 Å². The molecule has 2 aromatic carbocycles. The predicted molar refractivity (Wildman–Crippen MR) is 79.7 cm³/mol. The lowest BCUT2D eigenvalue weighted by Gasteiger charge is -2.09. The van der Waals surface area contributed by atoms with Gasteiger partial charge in [-0.2, -0.15) is 0 Å². The number of carbonyl (C=O) groups is 1. The maximum absolute atomic E-state index is 13.3. The number of carbonyl (C=O) groups excluding carboxylic acids is 1. The van der Waals surface area contributed by atoms with Gasteiger partial charge in [-0.05, 0) is 30.3 Å². The summed E-state index contributed by atoms with van der Waals surface area (Å²) in [5, 5.41) is 2.99. The SMILES string of the molecule is O=C(COc1ccccc1F)Nc1ccc(Br)cc1Cl. The minimum absolute atomic E-state index is 0.0320. The third kappa shape index (κ3) is 3.95. The molecule has 0 unspecified atom stereocenters.